The van der Waals surface area contributed by atoms with Crippen LogP contribution in [0.25, 0.3) is 0 Å². The summed E-state index contributed by atoms with van der Waals surface area (Å²) in [7, 11) is 0. The molecule has 0 atom stereocenters. The van der Waals surface area contributed by atoms with Gasteiger partial charge < -0.3 is 10.1 Å². The van der Waals surface area contributed by atoms with Crippen LogP contribution in [-0.2, 0) is 13.1 Å². The third-order valence-electron chi connectivity index (χ3n) is 2.47. The molecule has 4 heteroatoms. The topological polar surface area (TPSA) is 21.3 Å². The van der Waals surface area contributed by atoms with Crippen LogP contribution in [-0.4, -0.2) is 6.61 Å². The second kappa shape index (κ2) is 8.14. The van der Waals surface area contributed by atoms with Gasteiger partial charge >= 0.3 is 0 Å². The minimum atomic E-state index is 0. The van der Waals surface area contributed by atoms with Crippen molar-refractivity contribution in [2.24, 2.45) is 0 Å². The SMILES string of the molecule is CCOc1ccccc1CNCc1cccs1.Cl. The van der Waals surface area contributed by atoms with E-state index in [2.05, 4.69) is 28.9 Å². The average Bonchev–Trinajstić information content (AvgIpc) is 2.85. The van der Waals surface area contributed by atoms with Gasteiger partial charge in [-0.1, -0.05) is 24.3 Å². The van der Waals surface area contributed by atoms with Crippen LogP contribution >= 0.6 is 23.7 Å². The molecular formula is C14H18ClNOS. The summed E-state index contributed by atoms with van der Waals surface area (Å²) in [5.41, 5.74) is 1.21. The van der Waals surface area contributed by atoms with Crippen molar-refractivity contribution in [1.82, 2.24) is 5.32 Å². The van der Waals surface area contributed by atoms with E-state index in [9.17, 15) is 0 Å². The summed E-state index contributed by atoms with van der Waals surface area (Å²) < 4.78 is 5.59. The van der Waals surface area contributed by atoms with E-state index in [-0.39, 0.29) is 12.4 Å². The lowest BCUT2D eigenvalue weighted by molar-refractivity contribution is 0.335. The van der Waals surface area contributed by atoms with Crippen LogP contribution < -0.4 is 10.1 Å². The van der Waals surface area contributed by atoms with E-state index in [0.29, 0.717) is 6.61 Å². The maximum atomic E-state index is 5.59. The van der Waals surface area contributed by atoms with Crippen LogP contribution in [0.2, 0.25) is 0 Å². The van der Waals surface area contributed by atoms with Crippen molar-refractivity contribution in [3.63, 3.8) is 0 Å². The Morgan fingerprint density at radius 3 is 2.67 bits per heavy atom. The van der Waals surface area contributed by atoms with Crippen LogP contribution in [0.4, 0.5) is 0 Å². The smallest absolute Gasteiger partial charge is 0.123 e. The summed E-state index contributed by atoms with van der Waals surface area (Å²) in [5.74, 6) is 0.980. The highest BCUT2D eigenvalue weighted by atomic mass is 35.5. The number of hydrogen-bond acceptors (Lipinski definition) is 3. The van der Waals surface area contributed by atoms with Crippen molar-refractivity contribution in [3.8, 4) is 5.75 Å². The maximum absolute atomic E-state index is 5.59. The van der Waals surface area contributed by atoms with Crippen molar-refractivity contribution < 1.29 is 4.74 Å². The zero-order chi connectivity index (χ0) is 11.9. The monoisotopic (exact) mass is 283 g/mol. The summed E-state index contributed by atoms with van der Waals surface area (Å²) >= 11 is 1.78. The van der Waals surface area contributed by atoms with E-state index in [0.717, 1.165) is 18.8 Å². The first-order valence-electron chi connectivity index (χ1n) is 5.84. The Balaban J connectivity index is 0.00000162. The number of nitrogens with one attached hydrogen (secondary N) is 1. The van der Waals surface area contributed by atoms with Crippen molar-refractivity contribution in [1.29, 1.82) is 0 Å². The molecule has 0 fully saturated rings. The Labute approximate surface area is 118 Å². The lowest BCUT2D eigenvalue weighted by atomic mass is 10.2. The molecule has 0 aliphatic rings. The summed E-state index contributed by atoms with van der Waals surface area (Å²) in [6.45, 7) is 4.48. The molecule has 1 aromatic carbocycles. The zero-order valence-electron chi connectivity index (χ0n) is 10.4. The molecule has 0 bridgehead atoms. The molecule has 0 spiro atoms. The molecule has 98 valence electrons. The van der Waals surface area contributed by atoms with Crippen LogP contribution in [0.3, 0.4) is 0 Å². The molecule has 1 N–H and O–H groups in total. The number of hydrogen-bond donors (Lipinski definition) is 1. The van der Waals surface area contributed by atoms with E-state index in [1.807, 2.05) is 25.1 Å². The summed E-state index contributed by atoms with van der Waals surface area (Å²) in [4.78, 5) is 1.36. The van der Waals surface area contributed by atoms with Gasteiger partial charge in [-0.05, 0) is 24.4 Å². The first-order chi connectivity index (χ1) is 8.40. The van der Waals surface area contributed by atoms with Gasteiger partial charge in [-0.2, -0.15) is 0 Å². The van der Waals surface area contributed by atoms with Gasteiger partial charge in [-0.3, -0.25) is 0 Å². The highest BCUT2D eigenvalue weighted by Crippen LogP contribution is 2.18. The molecule has 0 amide bonds. The van der Waals surface area contributed by atoms with Gasteiger partial charge in [0.05, 0.1) is 6.61 Å². The highest BCUT2D eigenvalue weighted by molar-refractivity contribution is 7.09. The van der Waals surface area contributed by atoms with Crippen molar-refractivity contribution >= 4 is 23.7 Å². The van der Waals surface area contributed by atoms with Crippen molar-refractivity contribution in [3.05, 3.63) is 52.2 Å². The largest absolute Gasteiger partial charge is 0.494 e. The van der Waals surface area contributed by atoms with Gasteiger partial charge in [-0.15, -0.1) is 23.7 Å². The fourth-order valence-corrected chi connectivity index (χ4v) is 2.35. The number of thiophene rings is 1. The lowest BCUT2D eigenvalue weighted by Gasteiger charge is -2.10. The van der Waals surface area contributed by atoms with E-state index < -0.39 is 0 Å². The van der Waals surface area contributed by atoms with Crippen LogP contribution in [0.15, 0.2) is 41.8 Å². The minimum absolute atomic E-state index is 0. The molecule has 0 saturated carbocycles. The Morgan fingerprint density at radius 1 is 1.11 bits per heavy atom. The second-order valence-electron chi connectivity index (χ2n) is 3.72. The van der Waals surface area contributed by atoms with Gasteiger partial charge in [0.15, 0.2) is 0 Å². The molecule has 2 rings (SSSR count). The van der Waals surface area contributed by atoms with Crippen LogP contribution in [0, 0.1) is 0 Å². The second-order valence-corrected chi connectivity index (χ2v) is 4.76. The highest BCUT2D eigenvalue weighted by Gasteiger charge is 2.01. The number of benzene rings is 1. The van der Waals surface area contributed by atoms with Crippen LogP contribution in [0.5, 0.6) is 5.75 Å². The molecule has 0 aliphatic carbocycles. The normalized spacial score (nSPS) is 9.83. The Morgan fingerprint density at radius 2 is 1.94 bits per heavy atom. The number of ether oxygens (including phenoxy) is 1. The number of halogens is 1. The zero-order valence-corrected chi connectivity index (χ0v) is 12.0. The number of para-hydroxylation sites is 1. The fraction of sp³-hybridized carbons (Fsp3) is 0.286. The van der Waals surface area contributed by atoms with E-state index in [4.69, 9.17) is 4.74 Å². The Kier molecular flexibility index (Phi) is 6.80. The minimum Gasteiger partial charge on any atom is -0.494 e. The summed E-state index contributed by atoms with van der Waals surface area (Å²) in [6, 6.07) is 12.4. The number of rotatable bonds is 6. The molecule has 0 aliphatic heterocycles. The van der Waals surface area contributed by atoms with Crippen molar-refractivity contribution in [2.75, 3.05) is 6.61 Å². The molecular weight excluding hydrogens is 266 g/mol. The summed E-state index contributed by atoms with van der Waals surface area (Å²) in [5, 5.41) is 5.54. The fourth-order valence-electron chi connectivity index (χ4n) is 1.68. The quantitative estimate of drug-likeness (QED) is 0.869. The molecule has 0 unspecified atom stereocenters. The van der Waals surface area contributed by atoms with Crippen molar-refractivity contribution in [2.45, 2.75) is 20.0 Å². The van der Waals surface area contributed by atoms with E-state index in [1.165, 1.54) is 10.4 Å². The van der Waals surface area contributed by atoms with Gasteiger partial charge in [0, 0.05) is 23.5 Å². The van der Waals surface area contributed by atoms with E-state index >= 15 is 0 Å². The maximum Gasteiger partial charge on any atom is 0.123 e. The van der Waals surface area contributed by atoms with Gasteiger partial charge in [0.1, 0.15) is 5.75 Å². The molecule has 0 radical (unpaired) electrons. The molecule has 1 heterocycles. The predicted octanol–water partition coefficient (Wildman–Crippen LogP) is 3.86. The third kappa shape index (κ3) is 4.33. The molecule has 1 aromatic heterocycles. The standard InChI is InChI=1S/C14H17NOS.ClH/c1-2-16-14-8-4-3-6-12(14)10-15-11-13-7-5-9-17-13;/h3-9,15H,2,10-11H2,1H3;1H. The van der Waals surface area contributed by atoms with Gasteiger partial charge in [0.2, 0.25) is 0 Å². The average molecular weight is 284 g/mol. The summed E-state index contributed by atoms with van der Waals surface area (Å²) in [6.07, 6.45) is 0. The molecule has 2 nitrogen and oxygen atoms in total. The molecule has 0 saturated heterocycles. The molecule has 18 heavy (non-hydrogen) atoms. The third-order valence-corrected chi connectivity index (χ3v) is 3.34. The van der Waals surface area contributed by atoms with E-state index in [1.54, 1.807) is 11.3 Å². The lowest BCUT2D eigenvalue weighted by Crippen LogP contribution is -2.12. The first kappa shape index (κ1) is 15.0. The molecule has 2 aromatic rings. The Hall–Kier alpha value is -1.03. The van der Waals surface area contributed by atoms with Crippen LogP contribution in [0.1, 0.15) is 17.4 Å². The van der Waals surface area contributed by atoms with Gasteiger partial charge in [0.25, 0.3) is 0 Å². The van der Waals surface area contributed by atoms with Gasteiger partial charge in [-0.25, -0.2) is 0 Å². The Bertz CT molecular complexity index is 445. The first-order valence-corrected chi connectivity index (χ1v) is 6.72. The predicted molar refractivity (Wildman–Crippen MR) is 79.7 cm³/mol.